The fourth-order valence-corrected chi connectivity index (χ4v) is 3.20. The Balaban J connectivity index is 1.71. The first-order valence-electron chi connectivity index (χ1n) is 7.80. The van der Waals surface area contributed by atoms with Crippen LogP contribution in [0.2, 0.25) is 0 Å². The monoisotopic (exact) mass is 315 g/mol. The summed E-state index contributed by atoms with van der Waals surface area (Å²) in [5.74, 6) is 0.0657. The zero-order chi connectivity index (χ0) is 15.5. The first kappa shape index (κ1) is 15.0. The van der Waals surface area contributed by atoms with Crippen molar-refractivity contribution < 1.29 is 4.79 Å². The van der Waals surface area contributed by atoms with E-state index in [-0.39, 0.29) is 5.91 Å². The molecule has 1 aliphatic carbocycles. The van der Waals surface area contributed by atoms with E-state index in [1.165, 1.54) is 17.7 Å². The summed E-state index contributed by atoms with van der Waals surface area (Å²) in [7, 11) is 0. The van der Waals surface area contributed by atoms with Gasteiger partial charge in [0.15, 0.2) is 5.13 Å². The number of nitrogens with one attached hydrogen (secondary N) is 2. The molecule has 2 aromatic rings. The molecule has 1 aromatic carbocycles. The number of anilines is 2. The van der Waals surface area contributed by atoms with E-state index in [4.69, 9.17) is 4.98 Å². The zero-order valence-corrected chi connectivity index (χ0v) is 13.8. The number of carbonyl (C=O) groups excluding carboxylic acids is 1. The van der Waals surface area contributed by atoms with Crippen molar-refractivity contribution >= 4 is 28.1 Å². The van der Waals surface area contributed by atoms with Gasteiger partial charge >= 0.3 is 0 Å². The highest BCUT2D eigenvalue weighted by atomic mass is 32.1. The van der Waals surface area contributed by atoms with Crippen LogP contribution in [-0.4, -0.2) is 16.9 Å². The van der Waals surface area contributed by atoms with Gasteiger partial charge < -0.3 is 10.6 Å². The van der Waals surface area contributed by atoms with Crippen LogP contribution in [0.1, 0.15) is 37.5 Å². The summed E-state index contributed by atoms with van der Waals surface area (Å²) in [5.41, 5.74) is 2.96. The lowest BCUT2D eigenvalue weighted by Crippen LogP contribution is -2.10. The Morgan fingerprint density at radius 3 is 2.68 bits per heavy atom. The first-order chi connectivity index (χ1) is 10.7. The Kier molecular flexibility index (Phi) is 4.43. The second-order valence-corrected chi connectivity index (χ2v) is 6.92. The summed E-state index contributed by atoms with van der Waals surface area (Å²) < 4.78 is 0. The Hall–Kier alpha value is -1.88. The number of aromatic nitrogens is 1. The number of hydrogen-bond donors (Lipinski definition) is 2. The van der Waals surface area contributed by atoms with Gasteiger partial charge in [0.05, 0.1) is 5.69 Å². The maximum Gasteiger partial charge on any atom is 0.224 e. The number of rotatable bonds is 6. The van der Waals surface area contributed by atoms with Crippen molar-refractivity contribution in [2.24, 2.45) is 0 Å². The summed E-state index contributed by atoms with van der Waals surface area (Å²) >= 11 is 1.71. The Morgan fingerprint density at radius 2 is 2.05 bits per heavy atom. The number of benzene rings is 1. The second-order valence-electron chi connectivity index (χ2n) is 5.72. The van der Waals surface area contributed by atoms with E-state index in [1.807, 2.05) is 31.2 Å². The number of amides is 1. The zero-order valence-electron chi connectivity index (χ0n) is 13.0. The normalized spacial score (nSPS) is 13.9. The van der Waals surface area contributed by atoms with E-state index in [9.17, 15) is 4.79 Å². The van der Waals surface area contributed by atoms with Crippen molar-refractivity contribution in [1.82, 2.24) is 4.98 Å². The highest BCUT2D eigenvalue weighted by Gasteiger charge is 2.22. The molecule has 4 nitrogen and oxygen atoms in total. The molecule has 0 bridgehead atoms. The van der Waals surface area contributed by atoms with Gasteiger partial charge in [-0.1, -0.05) is 19.1 Å². The lowest BCUT2D eigenvalue weighted by molar-refractivity contribution is -0.116. The highest BCUT2D eigenvalue weighted by Crippen LogP contribution is 2.33. The van der Waals surface area contributed by atoms with Crippen molar-refractivity contribution in [2.45, 2.75) is 45.6 Å². The predicted octanol–water partition coefficient (Wildman–Crippen LogP) is 4.43. The van der Waals surface area contributed by atoms with Crippen LogP contribution < -0.4 is 10.6 Å². The van der Waals surface area contributed by atoms with Gasteiger partial charge in [-0.2, -0.15) is 0 Å². The molecule has 0 atom stereocenters. The minimum Gasteiger partial charge on any atom is -0.359 e. The summed E-state index contributed by atoms with van der Waals surface area (Å²) in [5, 5.41) is 7.36. The molecular weight excluding hydrogens is 294 g/mol. The quantitative estimate of drug-likeness (QED) is 0.829. The Bertz CT molecular complexity index is 659. The predicted molar refractivity (Wildman–Crippen MR) is 92.5 cm³/mol. The lowest BCUT2D eigenvalue weighted by Gasteiger charge is -2.05. The molecule has 1 aliphatic rings. The molecule has 116 valence electrons. The molecule has 3 rings (SSSR count). The van der Waals surface area contributed by atoms with E-state index in [0.717, 1.165) is 28.5 Å². The third kappa shape index (κ3) is 3.65. The summed E-state index contributed by atoms with van der Waals surface area (Å²) in [6.07, 6.45) is 3.92. The van der Waals surface area contributed by atoms with E-state index in [1.54, 1.807) is 11.3 Å². The fraction of sp³-hybridized carbons (Fsp3) is 0.412. The summed E-state index contributed by atoms with van der Waals surface area (Å²) in [6, 6.07) is 8.54. The maximum absolute atomic E-state index is 11.6. The highest BCUT2D eigenvalue weighted by molar-refractivity contribution is 7.16. The van der Waals surface area contributed by atoms with Gasteiger partial charge in [0.25, 0.3) is 0 Å². The van der Waals surface area contributed by atoms with E-state index < -0.39 is 0 Å². The molecule has 0 radical (unpaired) electrons. The van der Waals surface area contributed by atoms with Gasteiger partial charge in [-0.25, -0.2) is 4.98 Å². The molecular formula is C17H21N3OS. The van der Waals surface area contributed by atoms with Crippen molar-refractivity contribution in [1.29, 1.82) is 0 Å². The molecule has 5 heteroatoms. The van der Waals surface area contributed by atoms with Crippen molar-refractivity contribution in [2.75, 3.05) is 10.6 Å². The van der Waals surface area contributed by atoms with E-state index in [2.05, 4.69) is 17.6 Å². The molecule has 1 amide bonds. The van der Waals surface area contributed by atoms with Crippen LogP contribution in [0.25, 0.3) is 11.3 Å². The van der Waals surface area contributed by atoms with E-state index in [0.29, 0.717) is 12.5 Å². The minimum atomic E-state index is 0.0657. The topological polar surface area (TPSA) is 54.0 Å². The Labute approximate surface area is 135 Å². The molecule has 1 heterocycles. The SMILES string of the molecule is CCCC(=O)Nc1ccc(-c2nc(NC3CC3)sc2C)cc1. The molecule has 1 aromatic heterocycles. The molecule has 1 fully saturated rings. The third-order valence-electron chi connectivity index (χ3n) is 3.62. The summed E-state index contributed by atoms with van der Waals surface area (Å²) in [6.45, 7) is 4.10. The van der Waals surface area contributed by atoms with E-state index >= 15 is 0 Å². The number of hydrogen-bond acceptors (Lipinski definition) is 4. The molecule has 0 saturated heterocycles. The number of thiazole rings is 1. The smallest absolute Gasteiger partial charge is 0.224 e. The second kappa shape index (κ2) is 6.48. The number of aryl methyl sites for hydroxylation is 1. The molecule has 0 unspecified atom stereocenters. The molecule has 22 heavy (non-hydrogen) atoms. The molecule has 0 spiro atoms. The average molecular weight is 315 g/mol. The standard InChI is InChI=1S/C17H21N3OS/c1-3-4-15(21)18-13-7-5-12(6-8-13)16-11(2)22-17(20-16)19-14-9-10-14/h5-8,14H,3-4,9-10H2,1-2H3,(H,18,21)(H,19,20). The fourth-order valence-electron chi connectivity index (χ4n) is 2.29. The number of carbonyl (C=O) groups is 1. The van der Waals surface area contributed by atoms with Crippen LogP contribution in [0.3, 0.4) is 0 Å². The van der Waals surface area contributed by atoms with Crippen molar-refractivity contribution in [3.05, 3.63) is 29.1 Å². The van der Waals surface area contributed by atoms with Crippen LogP contribution >= 0.6 is 11.3 Å². The lowest BCUT2D eigenvalue weighted by atomic mass is 10.1. The van der Waals surface area contributed by atoms with Gasteiger partial charge in [0.1, 0.15) is 0 Å². The van der Waals surface area contributed by atoms with Crippen LogP contribution in [0.15, 0.2) is 24.3 Å². The first-order valence-corrected chi connectivity index (χ1v) is 8.61. The van der Waals surface area contributed by atoms with Crippen LogP contribution in [0.5, 0.6) is 0 Å². The van der Waals surface area contributed by atoms with Crippen molar-refractivity contribution in [3.63, 3.8) is 0 Å². The summed E-state index contributed by atoms with van der Waals surface area (Å²) in [4.78, 5) is 17.5. The van der Waals surface area contributed by atoms with Gasteiger partial charge in [0, 0.05) is 28.6 Å². The minimum absolute atomic E-state index is 0.0657. The molecule has 1 saturated carbocycles. The van der Waals surface area contributed by atoms with Crippen molar-refractivity contribution in [3.8, 4) is 11.3 Å². The van der Waals surface area contributed by atoms with Gasteiger partial charge in [-0.05, 0) is 38.3 Å². The number of nitrogens with zero attached hydrogens (tertiary/aromatic N) is 1. The molecule has 2 N–H and O–H groups in total. The average Bonchev–Trinajstić information content (AvgIpc) is 3.22. The largest absolute Gasteiger partial charge is 0.359 e. The Morgan fingerprint density at radius 1 is 1.32 bits per heavy atom. The molecule has 0 aliphatic heterocycles. The van der Waals surface area contributed by atoms with Crippen LogP contribution in [0.4, 0.5) is 10.8 Å². The maximum atomic E-state index is 11.6. The van der Waals surface area contributed by atoms with Crippen LogP contribution in [-0.2, 0) is 4.79 Å². The van der Waals surface area contributed by atoms with Crippen LogP contribution in [0, 0.1) is 6.92 Å². The van der Waals surface area contributed by atoms with Gasteiger partial charge in [-0.15, -0.1) is 11.3 Å². The van der Waals surface area contributed by atoms with Gasteiger partial charge in [-0.3, -0.25) is 4.79 Å². The van der Waals surface area contributed by atoms with Gasteiger partial charge in [0.2, 0.25) is 5.91 Å². The third-order valence-corrected chi connectivity index (χ3v) is 4.52.